The molecule has 78 valence electrons. The maximum Gasteiger partial charge on any atom is 0.0509 e. The molecule has 0 heterocycles. The van der Waals surface area contributed by atoms with Crippen LogP contribution < -0.4 is 0 Å². The lowest BCUT2D eigenvalue weighted by Gasteiger charge is -2.31. The summed E-state index contributed by atoms with van der Waals surface area (Å²) < 4.78 is 0. The molecule has 0 amide bonds. The fraction of sp³-hybridized carbons (Fsp3) is 0.833. The van der Waals surface area contributed by atoms with E-state index in [-0.39, 0.29) is 41.8 Å². The van der Waals surface area contributed by atoms with Crippen LogP contribution in [0.15, 0.2) is 0 Å². The van der Waals surface area contributed by atoms with E-state index in [9.17, 15) is 10.2 Å². The van der Waals surface area contributed by atoms with Gasteiger partial charge in [-0.05, 0) is 5.41 Å². The second kappa shape index (κ2) is 2.74. The molecule has 0 radical (unpaired) electrons. The van der Waals surface area contributed by atoms with E-state index in [1.165, 1.54) is 0 Å². The first kappa shape index (κ1) is 10.0. The van der Waals surface area contributed by atoms with Crippen LogP contribution in [0.3, 0.4) is 0 Å². The van der Waals surface area contributed by atoms with Gasteiger partial charge in [-0.25, -0.2) is 0 Å². The highest BCUT2D eigenvalue weighted by Gasteiger charge is 2.74. The van der Waals surface area contributed by atoms with E-state index in [0.29, 0.717) is 0 Å². The van der Waals surface area contributed by atoms with Gasteiger partial charge in [-0.3, -0.25) is 0 Å². The molecule has 2 N–H and O–H groups in total. The highest BCUT2D eigenvalue weighted by atomic mass is 16.3. The predicted molar refractivity (Wildman–Crippen MR) is 54.3 cm³/mol. The summed E-state index contributed by atoms with van der Waals surface area (Å²) in [6, 6.07) is 0. The predicted octanol–water partition coefficient (Wildman–Crippen LogP) is 0.883. The second-order valence-electron chi connectivity index (χ2n) is 5.22. The highest BCUT2D eigenvalue weighted by molar-refractivity contribution is 5.35. The molecular formula is C12H18O2. The average Bonchev–Trinajstić information content (AvgIpc) is 2.64. The van der Waals surface area contributed by atoms with Crippen molar-refractivity contribution in [3.8, 4) is 11.8 Å². The molecular weight excluding hydrogens is 176 g/mol. The van der Waals surface area contributed by atoms with Crippen molar-refractivity contribution < 1.29 is 10.2 Å². The van der Waals surface area contributed by atoms with Gasteiger partial charge in [0.15, 0.2) is 0 Å². The van der Waals surface area contributed by atoms with Crippen molar-refractivity contribution in [3.63, 3.8) is 0 Å². The highest BCUT2D eigenvalue weighted by Crippen LogP contribution is 2.73. The molecule has 1 fully saturated rings. The largest absolute Gasteiger partial charge is 0.396 e. The van der Waals surface area contributed by atoms with Crippen molar-refractivity contribution in [3.05, 3.63) is 0 Å². The molecule has 2 aliphatic carbocycles. The normalized spacial score (nSPS) is 47.6. The molecule has 2 aliphatic rings. The molecule has 0 aliphatic heterocycles. The number of aliphatic hydroxyl groups excluding tert-OH is 2. The Bertz CT molecular complexity index is 310. The molecule has 0 bridgehead atoms. The minimum Gasteiger partial charge on any atom is -0.396 e. The maximum absolute atomic E-state index is 9.57. The topological polar surface area (TPSA) is 40.5 Å². The zero-order valence-electron chi connectivity index (χ0n) is 9.04. The minimum absolute atomic E-state index is 0.0624. The van der Waals surface area contributed by atoms with Crippen LogP contribution >= 0.6 is 0 Å². The monoisotopic (exact) mass is 194 g/mol. The molecule has 2 rings (SSSR count). The lowest BCUT2D eigenvalue weighted by molar-refractivity contribution is 0.0545. The summed E-state index contributed by atoms with van der Waals surface area (Å²) in [6.45, 7) is 6.60. The minimum atomic E-state index is -0.146. The van der Waals surface area contributed by atoms with Crippen LogP contribution in [-0.2, 0) is 0 Å². The van der Waals surface area contributed by atoms with Crippen LogP contribution in [0.25, 0.3) is 0 Å². The Balaban J connectivity index is 2.40. The first-order chi connectivity index (χ1) is 6.52. The van der Waals surface area contributed by atoms with E-state index in [2.05, 4.69) is 25.7 Å². The van der Waals surface area contributed by atoms with Crippen LogP contribution in [0.5, 0.6) is 0 Å². The van der Waals surface area contributed by atoms with Crippen molar-refractivity contribution in [1.82, 2.24) is 0 Å². The molecule has 0 aromatic rings. The van der Waals surface area contributed by atoms with Gasteiger partial charge in [0.1, 0.15) is 0 Å². The van der Waals surface area contributed by atoms with Crippen LogP contribution in [0.2, 0.25) is 0 Å². The molecule has 2 nitrogen and oxygen atoms in total. The summed E-state index contributed by atoms with van der Waals surface area (Å²) in [6.07, 6.45) is 0. The third-order valence-corrected chi connectivity index (χ3v) is 4.53. The lowest BCUT2D eigenvalue weighted by Crippen LogP contribution is -2.34. The van der Waals surface area contributed by atoms with Crippen LogP contribution in [-0.4, -0.2) is 23.4 Å². The summed E-state index contributed by atoms with van der Waals surface area (Å²) >= 11 is 0. The van der Waals surface area contributed by atoms with E-state index >= 15 is 0 Å². The Labute approximate surface area is 85.3 Å². The Kier molecular flexibility index (Phi) is 1.96. The van der Waals surface area contributed by atoms with E-state index in [0.717, 1.165) is 0 Å². The van der Waals surface area contributed by atoms with Crippen molar-refractivity contribution in [2.24, 2.45) is 28.6 Å². The SMILES string of the molecule is CC1C#CC2C(C)(C)C2(CO)C1CO. The van der Waals surface area contributed by atoms with Crippen molar-refractivity contribution in [2.75, 3.05) is 13.2 Å². The van der Waals surface area contributed by atoms with Crippen LogP contribution in [0.4, 0.5) is 0 Å². The number of hydrogen-bond donors (Lipinski definition) is 2. The zero-order valence-corrected chi connectivity index (χ0v) is 9.04. The number of aliphatic hydroxyl groups is 2. The fourth-order valence-electron chi connectivity index (χ4n) is 3.38. The van der Waals surface area contributed by atoms with E-state index in [1.54, 1.807) is 0 Å². The molecule has 1 saturated carbocycles. The molecule has 2 heteroatoms. The summed E-state index contributed by atoms with van der Waals surface area (Å²) in [5.41, 5.74) is -0.0840. The molecule has 0 aromatic carbocycles. The van der Waals surface area contributed by atoms with Crippen LogP contribution in [0, 0.1) is 40.4 Å². The summed E-state index contributed by atoms with van der Waals surface area (Å²) in [5, 5.41) is 19.0. The molecule has 4 unspecified atom stereocenters. The van der Waals surface area contributed by atoms with Gasteiger partial charge in [-0.15, -0.1) is 0 Å². The van der Waals surface area contributed by atoms with Gasteiger partial charge in [-0.1, -0.05) is 32.6 Å². The molecule has 0 aromatic heterocycles. The zero-order chi connectivity index (χ0) is 10.6. The van der Waals surface area contributed by atoms with E-state index in [1.807, 2.05) is 6.92 Å². The number of fused-ring (bicyclic) bond motifs is 1. The molecule has 0 spiro atoms. The fourth-order valence-corrected chi connectivity index (χ4v) is 3.38. The first-order valence-corrected chi connectivity index (χ1v) is 5.25. The van der Waals surface area contributed by atoms with Gasteiger partial charge < -0.3 is 10.2 Å². The van der Waals surface area contributed by atoms with E-state index in [4.69, 9.17) is 0 Å². The first-order valence-electron chi connectivity index (χ1n) is 5.25. The Hall–Kier alpha value is -0.520. The number of rotatable bonds is 2. The smallest absolute Gasteiger partial charge is 0.0509 e. The van der Waals surface area contributed by atoms with Crippen molar-refractivity contribution in [2.45, 2.75) is 20.8 Å². The molecule has 14 heavy (non-hydrogen) atoms. The maximum atomic E-state index is 9.57. The Morgan fingerprint density at radius 2 is 1.86 bits per heavy atom. The van der Waals surface area contributed by atoms with Gasteiger partial charge in [0, 0.05) is 29.8 Å². The third kappa shape index (κ3) is 0.852. The van der Waals surface area contributed by atoms with Gasteiger partial charge in [0.2, 0.25) is 0 Å². The van der Waals surface area contributed by atoms with E-state index < -0.39 is 0 Å². The number of hydrogen-bond acceptors (Lipinski definition) is 2. The Morgan fingerprint density at radius 3 is 2.29 bits per heavy atom. The Morgan fingerprint density at radius 1 is 1.21 bits per heavy atom. The standard InChI is InChI=1S/C12H18O2/c1-8-4-5-10-11(2,3)12(10,7-14)9(8)6-13/h8-10,13-14H,6-7H2,1-3H3. The third-order valence-electron chi connectivity index (χ3n) is 4.53. The lowest BCUT2D eigenvalue weighted by atomic mass is 9.74. The van der Waals surface area contributed by atoms with Crippen LogP contribution in [0.1, 0.15) is 20.8 Å². The van der Waals surface area contributed by atoms with Gasteiger partial charge in [-0.2, -0.15) is 0 Å². The second-order valence-corrected chi connectivity index (χ2v) is 5.22. The van der Waals surface area contributed by atoms with Gasteiger partial charge >= 0.3 is 0 Å². The van der Waals surface area contributed by atoms with Crippen molar-refractivity contribution in [1.29, 1.82) is 0 Å². The quantitative estimate of drug-likeness (QED) is 0.641. The van der Waals surface area contributed by atoms with Gasteiger partial charge in [0.25, 0.3) is 0 Å². The molecule has 4 atom stereocenters. The average molecular weight is 194 g/mol. The summed E-state index contributed by atoms with van der Waals surface area (Å²) in [7, 11) is 0. The summed E-state index contributed by atoms with van der Waals surface area (Å²) in [4.78, 5) is 0. The van der Waals surface area contributed by atoms with Gasteiger partial charge in [0.05, 0.1) is 6.61 Å². The van der Waals surface area contributed by atoms with Crippen molar-refractivity contribution >= 4 is 0 Å². The summed E-state index contributed by atoms with van der Waals surface area (Å²) in [5.74, 6) is 7.00. The molecule has 0 saturated heterocycles.